The monoisotopic (exact) mass is 532 g/mol. The predicted octanol–water partition coefficient (Wildman–Crippen LogP) is 6.37. The van der Waals surface area contributed by atoms with Gasteiger partial charge in [-0.2, -0.15) is 0 Å². The van der Waals surface area contributed by atoms with Crippen LogP contribution in [0.3, 0.4) is 0 Å². The average molecular weight is 533 g/mol. The lowest BCUT2D eigenvalue weighted by Crippen LogP contribution is -2.35. The van der Waals surface area contributed by atoms with Crippen molar-refractivity contribution in [1.29, 1.82) is 0 Å². The second-order valence-electron chi connectivity index (χ2n) is 9.75. The van der Waals surface area contributed by atoms with E-state index in [4.69, 9.17) is 4.74 Å². The van der Waals surface area contributed by atoms with Crippen LogP contribution in [0.1, 0.15) is 18.4 Å². The zero-order chi connectivity index (χ0) is 27.5. The first-order valence-corrected chi connectivity index (χ1v) is 12.9. The Morgan fingerprint density at radius 1 is 0.775 bits per heavy atom. The summed E-state index contributed by atoms with van der Waals surface area (Å²) in [6, 6.07) is 24.5. The minimum absolute atomic E-state index is 0.353. The Morgan fingerprint density at radius 2 is 1.43 bits per heavy atom. The van der Waals surface area contributed by atoms with Gasteiger partial charge in [-0.15, -0.1) is 0 Å². The highest BCUT2D eigenvalue weighted by molar-refractivity contribution is 6.16. The number of rotatable bonds is 8. The van der Waals surface area contributed by atoms with Gasteiger partial charge in [0.05, 0.1) is 5.52 Å². The molecule has 40 heavy (non-hydrogen) atoms. The molecule has 0 bridgehead atoms. The number of carbonyl (C=O) groups is 2. The van der Waals surface area contributed by atoms with E-state index in [1.165, 1.54) is 24.3 Å². The molecule has 2 aromatic heterocycles. The van der Waals surface area contributed by atoms with E-state index in [1.807, 2.05) is 18.2 Å². The first kappa shape index (κ1) is 25.2. The van der Waals surface area contributed by atoms with E-state index in [-0.39, 0.29) is 5.91 Å². The highest BCUT2D eigenvalue weighted by atomic mass is 19.1. The third-order valence-electron chi connectivity index (χ3n) is 7.07. The van der Waals surface area contributed by atoms with Crippen molar-refractivity contribution in [3.05, 3.63) is 115 Å². The van der Waals surface area contributed by atoms with Crippen molar-refractivity contribution in [2.75, 3.05) is 10.6 Å². The number of nitrogens with zero attached hydrogens (tertiary/aromatic N) is 2. The third kappa shape index (κ3) is 5.24. The van der Waals surface area contributed by atoms with E-state index < -0.39 is 17.1 Å². The average Bonchev–Trinajstić information content (AvgIpc) is 3.81. The highest BCUT2D eigenvalue weighted by Crippen LogP contribution is 2.47. The van der Waals surface area contributed by atoms with Crippen LogP contribution in [-0.4, -0.2) is 21.8 Å². The normalized spacial score (nSPS) is 13.4. The fourth-order valence-corrected chi connectivity index (χ4v) is 4.57. The molecule has 2 N–H and O–H groups in total. The molecule has 1 fully saturated rings. The quantitative estimate of drug-likeness (QED) is 0.227. The predicted molar refractivity (Wildman–Crippen MR) is 151 cm³/mol. The van der Waals surface area contributed by atoms with Crippen LogP contribution in [0.15, 0.2) is 104 Å². The molecule has 1 aliphatic carbocycles. The Labute approximate surface area is 230 Å². The molecule has 2 amide bonds. The fourth-order valence-electron chi connectivity index (χ4n) is 4.57. The van der Waals surface area contributed by atoms with E-state index in [9.17, 15) is 14.0 Å². The van der Waals surface area contributed by atoms with Crippen molar-refractivity contribution in [3.8, 4) is 16.9 Å². The zero-order valence-corrected chi connectivity index (χ0v) is 21.4. The Bertz CT molecular complexity index is 1690. The minimum atomic E-state index is -1.12. The number of benzene rings is 3. The van der Waals surface area contributed by atoms with E-state index in [0.717, 1.165) is 27.6 Å². The molecule has 1 aliphatic rings. The van der Waals surface area contributed by atoms with Gasteiger partial charge in [-0.3, -0.25) is 19.6 Å². The third-order valence-corrected chi connectivity index (χ3v) is 7.07. The molecular formula is C32H25FN4O3. The minimum Gasteiger partial charge on any atom is -0.489 e. The molecule has 1 saturated carbocycles. The van der Waals surface area contributed by atoms with Crippen LogP contribution in [-0.2, 0) is 16.2 Å². The van der Waals surface area contributed by atoms with Gasteiger partial charge in [0, 0.05) is 40.9 Å². The van der Waals surface area contributed by atoms with Crippen molar-refractivity contribution in [1.82, 2.24) is 9.97 Å². The Kier molecular flexibility index (Phi) is 6.66. The smallest absolute Gasteiger partial charge is 0.240 e. The fraction of sp³-hybridized carbons (Fsp3) is 0.125. The Balaban J connectivity index is 1.08. The molecule has 0 saturated heterocycles. The molecular weight excluding hydrogens is 507 g/mol. The van der Waals surface area contributed by atoms with Crippen LogP contribution in [0.5, 0.6) is 5.75 Å². The number of amides is 2. The lowest BCUT2D eigenvalue weighted by atomic mass is 10.0. The van der Waals surface area contributed by atoms with Gasteiger partial charge in [0.2, 0.25) is 11.8 Å². The van der Waals surface area contributed by atoms with Crippen LogP contribution in [0, 0.1) is 11.2 Å². The van der Waals surface area contributed by atoms with E-state index in [0.29, 0.717) is 36.6 Å². The Hall–Kier alpha value is -5.11. The summed E-state index contributed by atoms with van der Waals surface area (Å²) in [6.45, 7) is 0.353. The number of aromatic nitrogens is 2. The summed E-state index contributed by atoms with van der Waals surface area (Å²) in [7, 11) is 0. The largest absolute Gasteiger partial charge is 0.489 e. The molecule has 0 atom stereocenters. The summed E-state index contributed by atoms with van der Waals surface area (Å²) in [5, 5.41) is 6.56. The number of carbonyl (C=O) groups excluding carboxylic acids is 2. The van der Waals surface area contributed by atoms with Crippen molar-refractivity contribution in [2.45, 2.75) is 19.4 Å². The van der Waals surface area contributed by atoms with Crippen LogP contribution < -0.4 is 15.4 Å². The van der Waals surface area contributed by atoms with E-state index >= 15 is 0 Å². The van der Waals surface area contributed by atoms with Crippen LogP contribution in [0.4, 0.5) is 15.8 Å². The van der Waals surface area contributed by atoms with Crippen LogP contribution >= 0.6 is 0 Å². The number of hydrogen-bond acceptors (Lipinski definition) is 5. The Morgan fingerprint density at radius 3 is 2.08 bits per heavy atom. The molecule has 2 heterocycles. The second-order valence-corrected chi connectivity index (χ2v) is 9.75. The molecule has 7 nitrogen and oxygen atoms in total. The molecule has 198 valence electrons. The summed E-state index contributed by atoms with van der Waals surface area (Å²) in [4.78, 5) is 34.3. The van der Waals surface area contributed by atoms with Crippen molar-refractivity contribution in [3.63, 3.8) is 0 Å². The number of fused-ring (bicyclic) bond motifs is 1. The van der Waals surface area contributed by atoms with E-state index in [2.05, 4.69) is 38.8 Å². The molecule has 3 aromatic carbocycles. The molecule has 8 heteroatoms. The SMILES string of the molecule is O=C(Nc1ccc(F)cc1)C1(C(=O)Nc2ccc(OCc3ccnc4cc(-c5ccncc5)ccc34)cc2)CC1. The van der Waals surface area contributed by atoms with Gasteiger partial charge in [-0.05, 0) is 96.8 Å². The molecule has 5 aromatic rings. The van der Waals surface area contributed by atoms with Crippen molar-refractivity contribution < 1.29 is 18.7 Å². The standard InChI is InChI=1S/C32H25FN4O3/c33-24-2-4-25(5-3-24)36-30(38)32(14-15-32)31(39)37-26-6-8-27(9-7-26)40-20-23-13-18-35-29-19-22(1-10-28(23)29)21-11-16-34-17-12-21/h1-13,16-19H,14-15,20H2,(H,36,38)(H,37,39). The van der Waals surface area contributed by atoms with E-state index in [1.54, 1.807) is 42.9 Å². The number of anilines is 2. The molecule has 0 spiro atoms. The highest BCUT2D eigenvalue weighted by Gasteiger charge is 2.56. The van der Waals surface area contributed by atoms with Gasteiger partial charge in [0.25, 0.3) is 0 Å². The maximum Gasteiger partial charge on any atom is 0.240 e. The first-order chi connectivity index (χ1) is 19.5. The molecule has 0 radical (unpaired) electrons. The molecule has 0 unspecified atom stereocenters. The lowest BCUT2D eigenvalue weighted by Gasteiger charge is -2.16. The first-order valence-electron chi connectivity index (χ1n) is 12.9. The maximum absolute atomic E-state index is 13.1. The molecule has 0 aliphatic heterocycles. The summed E-state index contributed by atoms with van der Waals surface area (Å²) >= 11 is 0. The number of ether oxygens (including phenoxy) is 1. The maximum atomic E-state index is 13.1. The number of hydrogen-bond donors (Lipinski definition) is 2. The van der Waals surface area contributed by atoms with Gasteiger partial charge in [-0.25, -0.2) is 4.39 Å². The molecule has 6 rings (SSSR count). The van der Waals surface area contributed by atoms with Gasteiger partial charge in [0.1, 0.15) is 23.6 Å². The van der Waals surface area contributed by atoms with Crippen LogP contribution in [0.25, 0.3) is 22.0 Å². The van der Waals surface area contributed by atoms with Gasteiger partial charge in [0.15, 0.2) is 0 Å². The van der Waals surface area contributed by atoms with Crippen LogP contribution in [0.2, 0.25) is 0 Å². The summed E-state index contributed by atoms with van der Waals surface area (Å²) < 4.78 is 19.2. The van der Waals surface area contributed by atoms with Gasteiger partial charge in [-0.1, -0.05) is 12.1 Å². The summed E-state index contributed by atoms with van der Waals surface area (Å²) in [6.07, 6.45) is 6.22. The summed E-state index contributed by atoms with van der Waals surface area (Å²) in [5.74, 6) is -0.509. The van der Waals surface area contributed by atoms with Gasteiger partial charge < -0.3 is 15.4 Å². The number of halogens is 1. The topological polar surface area (TPSA) is 93.2 Å². The zero-order valence-electron chi connectivity index (χ0n) is 21.4. The number of pyridine rings is 2. The van der Waals surface area contributed by atoms with Crippen molar-refractivity contribution >= 4 is 34.1 Å². The number of nitrogens with one attached hydrogen (secondary N) is 2. The van der Waals surface area contributed by atoms with Crippen molar-refractivity contribution in [2.24, 2.45) is 5.41 Å². The summed E-state index contributed by atoms with van der Waals surface area (Å²) in [5.41, 5.74) is 3.92. The van der Waals surface area contributed by atoms with Gasteiger partial charge >= 0.3 is 0 Å². The lowest BCUT2D eigenvalue weighted by molar-refractivity contribution is -0.131. The second kappa shape index (κ2) is 10.6.